The third-order valence-corrected chi connectivity index (χ3v) is 5.50. The van der Waals surface area contributed by atoms with Crippen LogP contribution in [0.2, 0.25) is 0 Å². The van der Waals surface area contributed by atoms with Crippen LogP contribution in [0.4, 0.5) is 11.4 Å². The van der Waals surface area contributed by atoms with Crippen LogP contribution in [0.15, 0.2) is 48.5 Å². The summed E-state index contributed by atoms with van der Waals surface area (Å²) < 4.78 is 6.00. The van der Waals surface area contributed by atoms with E-state index in [0.29, 0.717) is 6.54 Å². The fourth-order valence-corrected chi connectivity index (χ4v) is 4.63. The molecule has 4 rings (SSSR count). The van der Waals surface area contributed by atoms with Crippen molar-refractivity contribution < 1.29 is 9.53 Å². The van der Waals surface area contributed by atoms with Crippen molar-refractivity contribution in [2.45, 2.75) is 31.9 Å². The van der Waals surface area contributed by atoms with Gasteiger partial charge in [0.15, 0.2) is 6.23 Å². The Morgan fingerprint density at radius 3 is 2.20 bits per heavy atom. The average molecular weight is 336 g/mol. The minimum atomic E-state index is -0.785. The molecule has 130 valence electrons. The van der Waals surface area contributed by atoms with Crippen LogP contribution >= 0.6 is 0 Å². The number of likely N-dealkylation sites (N-methyl/N-ethyl adjacent to an activating group) is 1. The zero-order chi connectivity index (χ0) is 17.6. The number of carbonyl (C=O) groups excluding carboxylic acids is 1. The second kappa shape index (κ2) is 5.88. The zero-order valence-corrected chi connectivity index (χ0v) is 15.0. The molecular weight excluding hydrogens is 312 g/mol. The lowest BCUT2D eigenvalue weighted by atomic mass is 9.75. The molecule has 0 saturated carbocycles. The molecule has 0 bridgehead atoms. The fourth-order valence-electron chi connectivity index (χ4n) is 4.63. The Kier molecular flexibility index (Phi) is 3.80. The number of amides is 1. The third kappa shape index (κ3) is 1.89. The highest BCUT2D eigenvalue weighted by Gasteiger charge is 2.63. The van der Waals surface area contributed by atoms with Crippen molar-refractivity contribution in [3.05, 3.63) is 59.7 Å². The van der Waals surface area contributed by atoms with E-state index in [4.69, 9.17) is 4.74 Å². The first-order chi connectivity index (χ1) is 12.2. The van der Waals surface area contributed by atoms with Crippen molar-refractivity contribution in [3.8, 4) is 0 Å². The van der Waals surface area contributed by atoms with Gasteiger partial charge in [-0.2, -0.15) is 0 Å². The van der Waals surface area contributed by atoms with Crippen LogP contribution in [0.25, 0.3) is 0 Å². The van der Waals surface area contributed by atoms with Crippen LogP contribution in [0, 0.1) is 0 Å². The first-order valence-electron chi connectivity index (χ1n) is 9.02. The van der Waals surface area contributed by atoms with Gasteiger partial charge in [0.1, 0.15) is 5.41 Å². The molecule has 2 aliphatic rings. The molecule has 0 radical (unpaired) electrons. The van der Waals surface area contributed by atoms with Crippen LogP contribution in [-0.2, 0) is 14.9 Å². The van der Waals surface area contributed by atoms with E-state index < -0.39 is 5.41 Å². The van der Waals surface area contributed by atoms with Crippen LogP contribution in [0.3, 0.4) is 0 Å². The zero-order valence-electron chi connectivity index (χ0n) is 15.0. The number of ether oxygens (including phenoxy) is 1. The van der Waals surface area contributed by atoms with Crippen molar-refractivity contribution in [1.82, 2.24) is 0 Å². The molecule has 25 heavy (non-hydrogen) atoms. The number of rotatable bonds is 4. The van der Waals surface area contributed by atoms with Gasteiger partial charge in [-0.1, -0.05) is 43.3 Å². The maximum atomic E-state index is 13.7. The summed E-state index contributed by atoms with van der Waals surface area (Å²) in [6, 6.07) is 16.4. The Morgan fingerprint density at radius 2 is 1.60 bits per heavy atom. The predicted octanol–water partition coefficient (Wildman–Crippen LogP) is 3.54. The van der Waals surface area contributed by atoms with Gasteiger partial charge in [-0.3, -0.25) is 4.79 Å². The molecule has 0 saturated heterocycles. The van der Waals surface area contributed by atoms with Crippen molar-refractivity contribution in [2.75, 3.05) is 30.0 Å². The van der Waals surface area contributed by atoms with Crippen LogP contribution in [0.1, 0.15) is 31.4 Å². The highest BCUT2D eigenvalue weighted by atomic mass is 16.5. The Balaban J connectivity index is 2.04. The maximum Gasteiger partial charge on any atom is 0.246 e. The molecule has 2 aliphatic heterocycles. The molecule has 4 nitrogen and oxygen atoms in total. The van der Waals surface area contributed by atoms with Crippen molar-refractivity contribution >= 4 is 17.3 Å². The smallest absolute Gasteiger partial charge is 0.246 e. The average Bonchev–Trinajstić information content (AvgIpc) is 3.07. The van der Waals surface area contributed by atoms with E-state index in [0.717, 1.165) is 35.5 Å². The molecule has 1 unspecified atom stereocenters. The third-order valence-electron chi connectivity index (χ3n) is 5.50. The van der Waals surface area contributed by atoms with E-state index in [1.165, 1.54) is 0 Å². The van der Waals surface area contributed by atoms with Gasteiger partial charge in [0.2, 0.25) is 5.91 Å². The monoisotopic (exact) mass is 336 g/mol. The van der Waals surface area contributed by atoms with Gasteiger partial charge in [0.05, 0.1) is 0 Å². The SMILES string of the molecule is CCCN1c2ccccc2C2(C(=O)N(CC)c3ccccc32)[C@H]1OC. The first kappa shape index (κ1) is 16.2. The quantitative estimate of drug-likeness (QED) is 0.856. The molecular formula is C21H24N2O2. The highest BCUT2D eigenvalue weighted by molar-refractivity contribution is 6.13. The maximum absolute atomic E-state index is 13.7. The number of benzene rings is 2. The molecule has 2 heterocycles. The topological polar surface area (TPSA) is 32.8 Å². The number of fused-ring (bicyclic) bond motifs is 4. The Labute approximate surface area is 149 Å². The van der Waals surface area contributed by atoms with Crippen LogP contribution < -0.4 is 9.80 Å². The number of hydrogen-bond acceptors (Lipinski definition) is 3. The molecule has 2 aromatic rings. The van der Waals surface area contributed by atoms with E-state index >= 15 is 0 Å². The summed E-state index contributed by atoms with van der Waals surface area (Å²) in [5.74, 6) is 0.120. The summed E-state index contributed by atoms with van der Waals surface area (Å²) in [6.07, 6.45) is 0.674. The Hall–Kier alpha value is -2.33. The Morgan fingerprint density at radius 1 is 1.00 bits per heavy atom. The van der Waals surface area contributed by atoms with Gasteiger partial charge >= 0.3 is 0 Å². The van der Waals surface area contributed by atoms with Gasteiger partial charge < -0.3 is 14.5 Å². The largest absolute Gasteiger partial charge is 0.360 e. The summed E-state index contributed by atoms with van der Waals surface area (Å²) in [6.45, 7) is 5.70. The van der Waals surface area contributed by atoms with Crippen molar-refractivity contribution in [2.24, 2.45) is 0 Å². The fraction of sp³-hybridized carbons (Fsp3) is 0.381. The lowest BCUT2D eigenvalue weighted by Gasteiger charge is -2.34. The second-order valence-corrected chi connectivity index (χ2v) is 6.67. The molecule has 1 amide bonds. The van der Waals surface area contributed by atoms with Gasteiger partial charge in [-0.15, -0.1) is 0 Å². The standard InChI is InChI=1S/C21H24N2O2/c1-4-14-23-18-13-9-7-11-16(18)21(20(23)25-3)15-10-6-8-12-17(15)22(5-2)19(21)24/h6-13,20H,4-5,14H2,1-3H3/t20-,21?/m1/s1. The van der Waals surface area contributed by atoms with E-state index in [9.17, 15) is 4.79 Å². The minimum absolute atomic E-state index is 0.120. The van der Waals surface area contributed by atoms with Crippen LogP contribution in [-0.4, -0.2) is 32.3 Å². The molecule has 2 aromatic carbocycles. The van der Waals surface area contributed by atoms with E-state index in [1.807, 2.05) is 42.2 Å². The number of anilines is 2. The number of methoxy groups -OCH3 is 1. The number of nitrogens with zero attached hydrogens (tertiary/aromatic N) is 2. The molecule has 2 atom stereocenters. The van der Waals surface area contributed by atoms with Gasteiger partial charge in [-0.05, 0) is 25.5 Å². The first-order valence-corrected chi connectivity index (χ1v) is 9.02. The predicted molar refractivity (Wildman–Crippen MR) is 100 cm³/mol. The highest BCUT2D eigenvalue weighted by Crippen LogP contribution is 2.56. The summed E-state index contributed by atoms with van der Waals surface area (Å²) >= 11 is 0. The Bertz CT molecular complexity index is 819. The number of para-hydroxylation sites is 2. The summed E-state index contributed by atoms with van der Waals surface area (Å²) in [5.41, 5.74) is 3.44. The number of hydrogen-bond donors (Lipinski definition) is 0. The lowest BCUT2D eigenvalue weighted by Crippen LogP contribution is -2.53. The van der Waals surface area contributed by atoms with E-state index in [1.54, 1.807) is 7.11 Å². The van der Waals surface area contributed by atoms with Gasteiger partial charge in [-0.25, -0.2) is 0 Å². The molecule has 0 fully saturated rings. The summed E-state index contributed by atoms with van der Waals surface area (Å²) in [5, 5.41) is 0. The molecule has 4 heteroatoms. The van der Waals surface area contributed by atoms with Crippen LogP contribution in [0.5, 0.6) is 0 Å². The van der Waals surface area contributed by atoms with Crippen molar-refractivity contribution in [3.63, 3.8) is 0 Å². The molecule has 0 aromatic heterocycles. The summed E-state index contributed by atoms with van der Waals surface area (Å²) in [4.78, 5) is 17.9. The van der Waals surface area contributed by atoms with Gasteiger partial charge in [0.25, 0.3) is 0 Å². The number of carbonyl (C=O) groups is 1. The lowest BCUT2D eigenvalue weighted by molar-refractivity contribution is -0.125. The normalized spacial score (nSPS) is 24.1. The summed E-state index contributed by atoms with van der Waals surface area (Å²) in [7, 11) is 1.71. The second-order valence-electron chi connectivity index (χ2n) is 6.67. The molecule has 0 N–H and O–H groups in total. The van der Waals surface area contributed by atoms with E-state index in [-0.39, 0.29) is 12.1 Å². The molecule has 0 aliphatic carbocycles. The van der Waals surface area contributed by atoms with Crippen molar-refractivity contribution in [1.29, 1.82) is 0 Å². The van der Waals surface area contributed by atoms with E-state index in [2.05, 4.69) is 30.0 Å². The minimum Gasteiger partial charge on any atom is -0.360 e. The molecule has 1 spiro atoms. The van der Waals surface area contributed by atoms with Gasteiger partial charge in [0, 0.05) is 42.7 Å².